The molecule has 6 nitrogen and oxygen atoms in total. The minimum Gasteiger partial charge on any atom is -0.493 e. The van der Waals surface area contributed by atoms with Crippen molar-refractivity contribution in [2.45, 2.75) is 6.61 Å². The van der Waals surface area contributed by atoms with Gasteiger partial charge in [0.1, 0.15) is 6.61 Å². The van der Waals surface area contributed by atoms with Gasteiger partial charge in [-0.05, 0) is 57.4 Å². The van der Waals surface area contributed by atoms with Crippen molar-refractivity contribution in [1.82, 2.24) is 0 Å². The molecule has 0 heterocycles. The number of ether oxygens (including phenoxy) is 2. The molecule has 32 heavy (non-hydrogen) atoms. The molecule has 9 heteroatoms. The van der Waals surface area contributed by atoms with Gasteiger partial charge in [0.25, 0.3) is 5.69 Å². The number of nitriles is 1. The number of hydrogen-bond acceptors (Lipinski definition) is 5. The van der Waals surface area contributed by atoms with E-state index in [1.165, 1.54) is 25.3 Å². The van der Waals surface area contributed by atoms with Gasteiger partial charge in [0.05, 0.1) is 28.1 Å². The van der Waals surface area contributed by atoms with Crippen molar-refractivity contribution in [2.75, 3.05) is 7.11 Å². The number of nitrogens with zero attached hydrogens (tertiary/aromatic N) is 2. The predicted molar refractivity (Wildman–Crippen MR) is 128 cm³/mol. The number of allylic oxidation sites excluding steroid dienone is 1. The first-order valence-corrected chi connectivity index (χ1v) is 10.7. The van der Waals surface area contributed by atoms with Crippen molar-refractivity contribution < 1.29 is 14.4 Å². The van der Waals surface area contributed by atoms with Crippen LogP contribution >= 0.6 is 39.1 Å². The van der Waals surface area contributed by atoms with Gasteiger partial charge < -0.3 is 9.47 Å². The lowest BCUT2D eigenvalue weighted by atomic mass is 10.0. The highest BCUT2D eigenvalue weighted by Crippen LogP contribution is 2.38. The van der Waals surface area contributed by atoms with Gasteiger partial charge in [0.15, 0.2) is 11.5 Å². The van der Waals surface area contributed by atoms with E-state index in [9.17, 15) is 15.4 Å². The van der Waals surface area contributed by atoms with Gasteiger partial charge in [-0.15, -0.1) is 0 Å². The lowest BCUT2D eigenvalue weighted by Gasteiger charge is -2.14. The SMILES string of the molecule is COc1cc(/C=C(/C#N)c2cccc([N+](=O)[O-])c2)cc(Br)c1OCc1ccc(Cl)cc1Cl. The summed E-state index contributed by atoms with van der Waals surface area (Å²) in [5.41, 5.74) is 2.02. The second-order valence-electron chi connectivity index (χ2n) is 6.54. The number of non-ortho nitro benzene ring substituents is 1. The minimum absolute atomic E-state index is 0.0907. The van der Waals surface area contributed by atoms with E-state index in [-0.39, 0.29) is 17.9 Å². The maximum atomic E-state index is 11.0. The summed E-state index contributed by atoms with van der Waals surface area (Å²) in [5, 5.41) is 21.7. The molecule has 0 N–H and O–H groups in total. The molecule has 0 saturated heterocycles. The summed E-state index contributed by atoms with van der Waals surface area (Å²) in [5.74, 6) is 0.900. The van der Waals surface area contributed by atoms with Crippen LogP contribution in [0.4, 0.5) is 5.69 Å². The highest BCUT2D eigenvalue weighted by Gasteiger charge is 2.14. The Hall–Kier alpha value is -3.05. The molecule has 0 fully saturated rings. The van der Waals surface area contributed by atoms with Crippen LogP contribution in [-0.4, -0.2) is 12.0 Å². The number of rotatable bonds is 7. The van der Waals surface area contributed by atoms with Gasteiger partial charge in [0.2, 0.25) is 0 Å². The maximum absolute atomic E-state index is 11.0. The van der Waals surface area contributed by atoms with Gasteiger partial charge in [-0.3, -0.25) is 10.1 Å². The van der Waals surface area contributed by atoms with Gasteiger partial charge in [-0.2, -0.15) is 5.26 Å². The zero-order chi connectivity index (χ0) is 23.3. The van der Waals surface area contributed by atoms with E-state index in [2.05, 4.69) is 22.0 Å². The average Bonchev–Trinajstić information content (AvgIpc) is 2.77. The van der Waals surface area contributed by atoms with Crippen molar-refractivity contribution in [3.63, 3.8) is 0 Å². The topological polar surface area (TPSA) is 85.4 Å². The first kappa shape index (κ1) is 23.6. The Morgan fingerprint density at radius 3 is 2.66 bits per heavy atom. The molecule has 0 aliphatic carbocycles. The molecule has 0 aliphatic heterocycles. The van der Waals surface area contributed by atoms with E-state index in [1.54, 1.807) is 42.5 Å². The number of nitro benzene ring substituents is 1. The van der Waals surface area contributed by atoms with Crippen LogP contribution < -0.4 is 9.47 Å². The Bertz CT molecular complexity index is 1260. The van der Waals surface area contributed by atoms with Gasteiger partial charge in [0, 0.05) is 27.7 Å². The number of benzene rings is 3. The highest BCUT2D eigenvalue weighted by atomic mass is 79.9. The quantitative estimate of drug-likeness (QED) is 0.137. The molecule has 0 saturated carbocycles. The Labute approximate surface area is 202 Å². The lowest BCUT2D eigenvalue weighted by Crippen LogP contribution is -2.00. The monoisotopic (exact) mass is 532 g/mol. The summed E-state index contributed by atoms with van der Waals surface area (Å²) < 4.78 is 12.0. The minimum atomic E-state index is -0.503. The van der Waals surface area contributed by atoms with E-state index in [0.29, 0.717) is 37.1 Å². The van der Waals surface area contributed by atoms with Crippen LogP contribution in [0.2, 0.25) is 10.0 Å². The molecular formula is C23H15BrCl2N2O4. The summed E-state index contributed by atoms with van der Waals surface area (Å²) in [6.45, 7) is 0.192. The fourth-order valence-electron chi connectivity index (χ4n) is 2.89. The maximum Gasteiger partial charge on any atom is 0.270 e. The molecule has 3 aromatic carbocycles. The zero-order valence-electron chi connectivity index (χ0n) is 16.6. The Morgan fingerprint density at radius 2 is 2.00 bits per heavy atom. The number of hydrogen-bond donors (Lipinski definition) is 0. The van der Waals surface area contributed by atoms with Gasteiger partial charge >= 0.3 is 0 Å². The molecule has 0 atom stereocenters. The van der Waals surface area contributed by atoms with E-state index in [0.717, 1.165) is 5.56 Å². The van der Waals surface area contributed by atoms with E-state index in [4.69, 9.17) is 32.7 Å². The van der Waals surface area contributed by atoms with E-state index >= 15 is 0 Å². The standard InChI is InChI=1S/C23H15BrCl2N2O4/c1-31-22-9-14(7-17(12-27)15-3-2-4-19(10-15)28(29)30)8-20(24)23(22)32-13-16-5-6-18(25)11-21(16)26/h2-11H,13H2,1H3/b17-7-. The molecule has 3 rings (SSSR count). The third kappa shape index (κ3) is 5.60. The third-order valence-corrected chi connectivity index (χ3v) is 5.61. The van der Waals surface area contributed by atoms with E-state index < -0.39 is 4.92 Å². The third-order valence-electron chi connectivity index (χ3n) is 4.44. The molecule has 0 unspecified atom stereocenters. The van der Waals surface area contributed by atoms with Crippen LogP contribution in [0.5, 0.6) is 11.5 Å². The molecule has 0 aliphatic rings. The fraction of sp³-hybridized carbons (Fsp3) is 0.0870. The van der Waals surface area contributed by atoms with Crippen molar-refractivity contribution in [1.29, 1.82) is 5.26 Å². The van der Waals surface area contributed by atoms with Gasteiger partial charge in [-0.25, -0.2) is 0 Å². The summed E-state index contributed by atoms with van der Waals surface area (Å²) >= 11 is 15.6. The molecule has 0 bridgehead atoms. The molecule has 0 amide bonds. The Kier molecular flexibility index (Phi) is 7.75. The second kappa shape index (κ2) is 10.5. The molecule has 0 spiro atoms. The largest absolute Gasteiger partial charge is 0.493 e. The van der Waals surface area contributed by atoms with Crippen molar-refractivity contribution in [3.8, 4) is 17.6 Å². The second-order valence-corrected chi connectivity index (χ2v) is 8.23. The highest BCUT2D eigenvalue weighted by molar-refractivity contribution is 9.10. The van der Waals surface area contributed by atoms with Crippen LogP contribution in [0.3, 0.4) is 0 Å². The number of methoxy groups -OCH3 is 1. The first-order chi connectivity index (χ1) is 15.3. The van der Waals surface area contributed by atoms with Crippen LogP contribution in [0.15, 0.2) is 59.1 Å². The molecule has 0 aromatic heterocycles. The summed E-state index contributed by atoms with van der Waals surface area (Å²) in [4.78, 5) is 10.5. The van der Waals surface area contributed by atoms with Crippen LogP contribution in [0, 0.1) is 21.4 Å². The smallest absolute Gasteiger partial charge is 0.270 e. The van der Waals surface area contributed by atoms with E-state index in [1.807, 2.05) is 0 Å². The first-order valence-electron chi connectivity index (χ1n) is 9.13. The van der Waals surface area contributed by atoms with Crippen molar-refractivity contribution in [3.05, 3.63) is 95.9 Å². The van der Waals surface area contributed by atoms with Crippen LogP contribution in [-0.2, 0) is 6.61 Å². The molecule has 162 valence electrons. The fourth-order valence-corrected chi connectivity index (χ4v) is 3.92. The normalized spacial score (nSPS) is 11.0. The molecular weight excluding hydrogens is 519 g/mol. The summed E-state index contributed by atoms with van der Waals surface area (Å²) in [7, 11) is 1.50. The van der Waals surface area contributed by atoms with Crippen LogP contribution in [0.25, 0.3) is 11.6 Å². The van der Waals surface area contributed by atoms with Crippen molar-refractivity contribution in [2.24, 2.45) is 0 Å². The van der Waals surface area contributed by atoms with Crippen molar-refractivity contribution >= 4 is 56.5 Å². The molecule has 3 aromatic rings. The summed E-state index contributed by atoms with van der Waals surface area (Å²) in [6.07, 6.45) is 1.62. The predicted octanol–water partition coefficient (Wildman–Crippen LogP) is 7.32. The van der Waals surface area contributed by atoms with Gasteiger partial charge in [-0.1, -0.05) is 41.4 Å². The van der Waals surface area contributed by atoms with Crippen LogP contribution in [0.1, 0.15) is 16.7 Å². The Balaban J connectivity index is 1.92. The Morgan fingerprint density at radius 1 is 1.22 bits per heavy atom. The number of halogens is 3. The summed E-state index contributed by atoms with van der Waals surface area (Å²) in [6, 6.07) is 16.6. The number of nitro groups is 1. The lowest BCUT2D eigenvalue weighted by molar-refractivity contribution is -0.384. The average molecular weight is 534 g/mol. The zero-order valence-corrected chi connectivity index (χ0v) is 19.7. The molecule has 0 radical (unpaired) electrons.